The average Bonchev–Trinajstić information content (AvgIpc) is 3.12. The van der Waals surface area contributed by atoms with E-state index in [-0.39, 0.29) is 23.2 Å². The van der Waals surface area contributed by atoms with Gasteiger partial charge in [-0.1, -0.05) is 18.2 Å². The molecule has 8 nitrogen and oxygen atoms in total. The third kappa shape index (κ3) is 4.78. The lowest BCUT2D eigenvalue weighted by molar-refractivity contribution is -0.384. The number of nitro benzene ring substituents is 1. The Morgan fingerprint density at radius 3 is 2.62 bits per heavy atom. The van der Waals surface area contributed by atoms with Gasteiger partial charge in [-0.05, 0) is 50.6 Å². The van der Waals surface area contributed by atoms with E-state index in [4.69, 9.17) is 0 Å². The van der Waals surface area contributed by atoms with Crippen LogP contribution in [-0.2, 0) is 6.54 Å². The molecule has 0 atom stereocenters. The van der Waals surface area contributed by atoms with E-state index in [9.17, 15) is 14.9 Å². The fourth-order valence-electron chi connectivity index (χ4n) is 2.94. The van der Waals surface area contributed by atoms with Crippen LogP contribution in [-0.4, -0.2) is 26.7 Å². The summed E-state index contributed by atoms with van der Waals surface area (Å²) in [7, 11) is 0. The Morgan fingerprint density at radius 1 is 1.21 bits per heavy atom. The number of hydrogen-bond acceptors (Lipinski definition) is 5. The highest BCUT2D eigenvalue weighted by molar-refractivity contribution is 5.95. The fourth-order valence-corrected chi connectivity index (χ4v) is 2.94. The van der Waals surface area contributed by atoms with Crippen molar-refractivity contribution in [1.29, 1.82) is 0 Å². The first kappa shape index (κ1) is 20.1. The van der Waals surface area contributed by atoms with E-state index in [1.54, 1.807) is 16.8 Å². The van der Waals surface area contributed by atoms with Crippen LogP contribution in [0.4, 0.5) is 11.4 Å². The number of aromatic nitrogens is 2. The number of nitrogens with zero attached hydrogens (tertiary/aromatic N) is 3. The number of carbonyl (C=O) groups is 1. The second-order valence-corrected chi connectivity index (χ2v) is 7.00. The maximum atomic E-state index is 12.2. The molecule has 1 heterocycles. The zero-order valence-corrected chi connectivity index (χ0v) is 16.5. The number of hydrogen-bond donors (Lipinski definition) is 2. The van der Waals surface area contributed by atoms with Gasteiger partial charge in [-0.3, -0.25) is 14.9 Å². The van der Waals surface area contributed by atoms with Gasteiger partial charge in [0.25, 0.3) is 11.6 Å². The lowest BCUT2D eigenvalue weighted by atomic mass is 10.1. The normalized spacial score (nSPS) is 10.8. The van der Waals surface area contributed by atoms with Crippen molar-refractivity contribution in [2.75, 3.05) is 5.32 Å². The molecular formula is C21H23N5O3. The number of amides is 1. The summed E-state index contributed by atoms with van der Waals surface area (Å²) in [4.78, 5) is 23.2. The molecule has 0 saturated carbocycles. The van der Waals surface area contributed by atoms with Crippen LogP contribution in [0.3, 0.4) is 0 Å². The summed E-state index contributed by atoms with van der Waals surface area (Å²) < 4.78 is 1.78. The fraction of sp³-hybridized carbons (Fsp3) is 0.238. The molecule has 0 saturated heterocycles. The van der Waals surface area contributed by atoms with E-state index in [2.05, 4.69) is 15.7 Å². The molecular weight excluding hydrogens is 370 g/mol. The summed E-state index contributed by atoms with van der Waals surface area (Å²) in [6.07, 6.45) is 1.87. The van der Waals surface area contributed by atoms with E-state index < -0.39 is 4.92 Å². The minimum absolute atomic E-state index is 0.0539. The van der Waals surface area contributed by atoms with Crippen molar-refractivity contribution in [2.45, 2.75) is 33.4 Å². The molecule has 1 amide bonds. The van der Waals surface area contributed by atoms with Crippen LogP contribution < -0.4 is 10.6 Å². The molecule has 0 fully saturated rings. The SMILES string of the molecule is Cc1ccn(-c2ccccc2CNc2ccc(C(=O)NC(C)C)cc2[N+](=O)[O-])n1. The molecule has 8 heteroatoms. The quantitative estimate of drug-likeness (QED) is 0.469. The van der Waals surface area contributed by atoms with Crippen molar-refractivity contribution in [2.24, 2.45) is 0 Å². The van der Waals surface area contributed by atoms with Crippen molar-refractivity contribution < 1.29 is 9.72 Å². The second-order valence-electron chi connectivity index (χ2n) is 7.00. The van der Waals surface area contributed by atoms with Gasteiger partial charge in [-0.2, -0.15) is 5.10 Å². The summed E-state index contributed by atoms with van der Waals surface area (Å²) in [5, 5.41) is 21.8. The van der Waals surface area contributed by atoms with Crippen molar-refractivity contribution in [3.63, 3.8) is 0 Å². The first-order chi connectivity index (χ1) is 13.8. The Bertz CT molecular complexity index is 1040. The minimum Gasteiger partial charge on any atom is -0.375 e. The molecule has 3 rings (SSSR count). The summed E-state index contributed by atoms with van der Waals surface area (Å²) in [5.74, 6) is -0.339. The summed E-state index contributed by atoms with van der Waals surface area (Å²) in [6, 6.07) is 14.0. The smallest absolute Gasteiger partial charge is 0.293 e. The van der Waals surface area contributed by atoms with Gasteiger partial charge < -0.3 is 10.6 Å². The third-order valence-electron chi connectivity index (χ3n) is 4.31. The van der Waals surface area contributed by atoms with Crippen LogP contribution in [0.1, 0.15) is 35.5 Å². The van der Waals surface area contributed by atoms with Gasteiger partial charge in [0.15, 0.2) is 0 Å². The molecule has 150 valence electrons. The number of para-hydroxylation sites is 1. The number of aryl methyl sites for hydroxylation is 1. The van der Waals surface area contributed by atoms with Gasteiger partial charge in [0.05, 0.1) is 16.3 Å². The predicted molar refractivity (Wildman–Crippen MR) is 111 cm³/mol. The van der Waals surface area contributed by atoms with Crippen LogP contribution in [0.2, 0.25) is 0 Å². The third-order valence-corrected chi connectivity index (χ3v) is 4.31. The Hall–Kier alpha value is -3.68. The van der Waals surface area contributed by atoms with E-state index in [0.29, 0.717) is 12.2 Å². The van der Waals surface area contributed by atoms with Gasteiger partial charge in [0.1, 0.15) is 5.69 Å². The van der Waals surface area contributed by atoms with Gasteiger partial charge in [-0.15, -0.1) is 0 Å². The Morgan fingerprint density at radius 2 is 1.97 bits per heavy atom. The first-order valence-electron chi connectivity index (χ1n) is 9.29. The number of nitrogens with one attached hydrogen (secondary N) is 2. The molecule has 0 aliphatic heterocycles. The molecule has 0 aliphatic carbocycles. The zero-order chi connectivity index (χ0) is 21.0. The second kappa shape index (κ2) is 8.55. The van der Waals surface area contributed by atoms with Gasteiger partial charge in [0.2, 0.25) is 0 Å². The standard InChI is InChI=1S/C21H23N5O3/c1-14(2)23-21(27)16-8-9-18(20(12-16)26(28)29)22-13-17-6-4-5-7-19(17)25-11-10-15(3)24-25/h4-12,14,22H,13H2,1-3H3,(H,23,27). The van der Waals surface area contributed by atoms with Crippen molar-refractivity contribution in [3.05, 3.63) is 81.7 Å². The maximum Gasteiger partial charge on any atom is 0.293 e. The van der Waals surface area contributed by atoms with Crippen LogP contribution in [0.25, 0.3) is 5.69 Å². The van der Waals surface area contributed by atoms with Crippen molar-refractivity contribution in [1.82, 2.24) is 15.1 Å². The Labute approximate surface area is 168 Å². The highest BCUT2D eigenvalue weighted by Gasteiger charge is 2.18. The minimum atomic E-state index is -0.489. The lowest BCUT2D eigenvalue weighted by Gasteiger charge is -2.13. The number of carbonyl (C=O) groups excluding carboxylic acids is 1. The van der Waals surface area contributed by atoms with Gasteiger partial charge >= 0.3 is 0 Å². The zero-order valence-electron chi connectivity index (χ0n) is 16.5. The van der Waals surface area contributed by atoms with Crippen LogP contribution in [0, 0.1) is 17.0 Å². The van der Waals surface area contributed by atoms with E-state index in [1.165, 1.54) is 6.07 Å². The average molecular weight is 393 g/mol. The topological polar surface area (TPSA) is 102 Å². The number of anilines is 1. The Kier molecular flexibility index (Phi) is 5.92. The number of nitro groups is 1. The molecule has 29 heavy (non-hydrogen) atoms. The molecule has 0 bridgehead atoms. The van der Waals surface area contributed by atoms with Crippen LogP contribution in [0.15, 0.2) is 54.7 Å². The molecule has 2 aromatic carbocycles. The van der Waals surface area contributed by atoms with E-state index in [0.717, 1.165) is 16.9 Å². The summed E-state index contributed by atoms with van der Waals surface area (Å²) >= 11 is 0. The molecule has 0 radical (unpaired) electrons. The highest BCUT2D eigenvalue weighted by atomic mass is 16.6. The number of rotatable bonds is 7. The predicted octanol–water partition coefficient (Wildman–Crippen LogP) is 3.84. The van der Waals surface area contributed by atoms with Crippen molar-refractivity contribution >= 4 is 17.3 Å². The number of benzene rings is 2. The largest absolute Gasteiger partial charge is 0.375 e. The highest BCUT2D eigenvalue weighted by Crippen LogP contribution is 2.27. The monoisotopic (exact) mass is 393 g/mol. The lowest BCUT2D eigenvalue weighted by Crippen LogP contribution is -2.30. The molecule has 0 spiro atoms. The van der Waals surface area contributed by atoms with Gasteiger partial charge in [0, 0.05) is 30.4 Å². The molecule has 0 unspecified atom stereocenters. The van der Waals surface area contributed by atoms with Crippen LogP contribution in [0.5, 0.6) is 0 Å². The maximum absolute atomic E-state index is 12.2. The molecule has 2 N–H and O–H groups in total. The summed E-state index contributed by atoms with van der Waals surface area (Å²) in [5.41, 5.74) is 3.19. The van der Waals surface area contributed by atoms with E-state index >= 15 is 0 Å². The van der Waals surface area contributed by atoms with Crippen molar-refractivity contribution in [3.8, 4) is 5.69 Å². The van der Waals surface area contributed by atoms with E-state index in [1.807, 2.05) is 57.3 Å². The summed E-state index contributed by atoms with van der Waals surface area (Å²) in [6.45, 7) is 5.95. The van der Waals surface area contributed by atoms with Crippen LogP contribution >= 0.6 is 0 Å². The first-order valence-corrected chi connectivity index (χ1v) is 9.29. The molecule has 0 aliphatic rings. The van der Waals surface area contributed by atoms with Gasteiger partial charge in [-0.25, -0.2) is 4.68 Å². The molecule has 1 aromatic heterocycles. The molecule has 3 aromatic rings. The Balaban J connectivity index is 1.84.